The molecule has 0 aromatic heterocycles. The van der Waals surface area contributed by atoms with Gasteiger partial charge in [0, 0.05) is 0 Å². The largest absolute Gasteiger partial charge is 0.180 e. The molecule has 1 nitrogen and oxygen atoms in total. The number of halogens is 5. The third-order valence-corrected chi connectivity index (χ3v) is 0. The summed E-state index contributed by atoms with van der Waals surface area (Å²) in [6, 6.07) is 0. The summed E-state index contributed by atoms with van der Waals surface area (Å²) >= 11 is 22.9. The first-order chi connectivity index (χ1) is 3.15. The van der Waals surface area contributed by atoms with E-state index in [0.29, 0.717) is 0 Å². The molecule has 54 valence electrons. The van der Waals surface area contributed by atoms with E-state index in [-0.39, 0.29) is 9.90 Å². The lowest BCUT2D eigenvalue weighted by Gasteiger charge is -1.69. The van der Waals surface area contributed by atoms with Gasteiger partial charge in [0.15, 0.2) is 4.30 Å². The van der Waals surface area contributed by atoms with E-state index in [4.69, 9.17) is 34.8 Å². The fourth-order valence-corrected chi connectivity index (χ4v) is 0. The van der Waals surface area contributed by atoms with Gasteiger partial charge in [-0.1, -0.05) is 34.8 Å². The average Bonchev–Trinajstić information content (AvgIpc) is 1.33. The molecule has 0 bridgehead atoms. The highest BCUT2D eigenvalue weighted by Gasteiger charge is 1.78. The van der Waals surface area contributed by atoms with Gasteiger partial charge >= 0.3 is 0 Å². The van der Waals surface area contributed by atoms with Crippen molar-refractivity contribution in [2.24, 2.45) is 0 Å². The van der Waals surface area contributed by atoms with Crippen LogP contribution >= 0.6 is 68.4 Å². The summed E-state index contributed by atoms with van der Waals surface area (Å²) in [5.74, 6) is 0. The summed E-state index contributed by atoms with van der Waals surface area (Å²) in [6.45, 7) is 0. The molecule has 0 radical (unpaired) electrons. The Morgan fingerprint density at radius 1 is 1.00 bits per heavy atom. The molecule has 0 saturated heterocycles. The molecule has 0 aliphatic carbocycles. The Morgan fingerprint density at radius 3 is 1.00 bits per heavy atom. The maximum Gasteiger partial charge on any atom is 0.180 e. The van der Waals surface area contributed by atoms with E-state index in [1.54, 1.807) is 0 Å². The molecular weight excluding hydrogens is 236 g/mol. The number of alkyl halides is 3. The van der Waals surface area contributed by atoms with Crippen molar-refractivity contribution in [3.8, 4) is 0 Å². The Labute approximate surface area is 76.5 Å². The summed E-state index contributed by atoms with van der Waals surface area (Å²) in [7, 11) is 0. The molecule has 0 rings (SSSR count). The van der Waals surface area contributed by atoms with E-state index in [1.807, 2.05) is 0 Å². The molecular formula is CH4Cl5OP. The van der Waals surface area contributed by atoms with Gasteiger partial charge in [-0.05, 0) is 0 Å². The van der Waals surface area contributed by atoms with Crippen LogP contribution in [-0.2, 0) is 3.84 Å². The predicted octanol–water partition coefficient (Wildman–Crippen LogP) is 3.36. The van der Waals surface area contributed by atoms with Crippen LogP contribution < -0.4 is 0 Å². The van der Waals surface area contributed by atoms with Crippen molar-refractivity contribution in [1.82, 2.24) is 0 Å². The number of hydrogen-bond acceptors (Lipinski definition) is 1. The quantitative estimate of drug-likeness (QED) is 0.466. The first-order valence-electron chi connectivity index (χ1n) is 0.963. The van der Waals surface area contributed by atoms with Crippen LogP contribution in [0.5, 0.6) is 0 Å². The summed E-state index contributed by atoms with van der Waals surface area (Å²) < 4.78 is 2.44. The van der Waals surface area contributed by atoms with Crippen LogP contribution in [0.15, 0.2) is 0 Å². The van der Waals surface area contributed by atoms with E-state index in [1.165, 1.54) is 0 Å². The Kier molecular flexibility index (Phi) is 32.7. The SMILES string of the molecule is ClC(Cl)Cl.ClOCl.P. The highest BCUT2D eigenvalue weighted by Crippen LogP contribution is 2.03. The topological polar surface area (TPSA) is 9.23 Å². The lowest BCUT2D eigenvalue weighted by Crippen LogP contribution is -1.55. The van der Waals surface area contributed by atoms with Gasteiger partial charge < -0.3 is 0 Å². The second-order valence-corrected chi connectivity index (χ2v) is 2.75. The van der Waals surface area contributed by atoms with Crippen molar-refractivity contribution < 1.29 is 3.84 Å². The normalized spacial score (nSPS) is 6.75. The molecule has 0 aromatic rings. The highest BCUT2D eigenvalue weighted by atomic mass is 35.6. The fraction of sp³-hybridized carbons (Fsp3) is 1.00. The van der Waals surface area contributed by atoms with Crippen LogP contribution in [0.2, 0.25) is 0 Å². The molecule has 1 unspecified atom stereocenters. The summed E-state index contributed by atoms with van der Waals surface area (Å²) in [4.78, 5) is 0. The zero-order valence-corrected chi connectivity index (χ0v) is 8.78. The molecule has 0 heterocycles. The van der Waals surface area contributed by atoms with Gasteiger partial charge in [0.1, 0.15) is 0 Å². The molecule has 0 saturated carbocycles. The number of hydrogen-bond donors (Lipinski definition) is 0. The second kappa shape index (κ2) is 15.9. The Morgan fingerprint density at radius 2 is 1.00 bits per heavy atom. The monoisotopic (exact) mass is 238 g/mol. The van der Waals surface area contributed by atoms with Gasteiger partial charge in [0.05, 0.1) is 23.7 Å². The Bertz CT molecular complexity index is 23.6. The van der Waals surface area contributed by atoms with Crippen LogP contribution in [0.1, 0.15) is 0 Å². The third kappa shape index (κ3) is 108. The summed E-state index contributed by atoms with van der Waals surface area (Å²) in [5, 5.41) is 0. The molecule has 0 amide bonds. The minimum absolute atomic E-state index is 0. The molecule has 8 heavy (non-hydrogen) atoms. The van der Waals surface area contributed by atoms with Gasteiger partial charge in [0.2, 0.25) is 0 Å². The van der Waals surface area contributed by atoms with Crippen LogP contribution in [0.25, 0.3) is 0 Å². The van der Waals surface area contributed by atoms with E-state index in [0.717, 1.165) is 0 Å². The maximum absolute atomic E-state index is 4.81. The molecule has 7 heteroatoms. The van der Waals surface area contributed by atoms with Crippen LogP contribution in [0.3, 0.4) is 0 Å². The van der Waals surface area contributed by atoms with Crippen molar-refractivity contribution in [3.63, 3.8) is 0 Å². The summed E-state index contributed by atoms with van der Waals surface area (Å²) in [6.07, 6.45) is 0. The number of rotatable bonds is 0. The highest BCUT2D eigenvalue weighted by molar-refractivity contribution is 6.92. The van der Waals surface area contributed by atoms with Crippen LogP contribution in [0, 0.1) is 0 Å². The Hall–Kier alpha value is 1.84. The van der Waals surface area contributed by atoms with Gasteiger partial charge in [-0.2, -0.15) is 13.7 Å². The van der Waals surface area contributed by atoms with E-state index in [9.17, 15) is 0 Å². The zero-order chi connectivity index (χ0) is 6.28. The molecule has 0 N–H and O–H groups in total. The van der Waals surface area contributed by atoms with E-state index >= 15 is 0 Å². The van der Waals surface area contributed by atoms with Crippen LogP contribution in [0.4, 0.5) is 0 Å². The minimum atomic E-state index is -0.750. The van der Waals surface area contributed by atoms with Crippen molar-refractivity contribution in [3.05, 3.63) is 0 Å². The zero-order valence-electron chi connectivity index (χ0n) is 3.58. The molecule has 0 aliphatic rings. The van der Waals surface area contributed by atoms with E-state index in [2.05, 4.69) is 27.6 Å². The van der Waals surface area contributed by atoms with Gasteiger partial charge in [-0.25, -0.2) is 0 Å². The lowest BCUT2D eigenvalue weighted by molar-refractivity contribution is 0.697. The molecule has 1 atom stereocenters. The lowest BCUT2D eigenvalue weighted by atomic mass is 11.9. The standard InChI is InChI=1S/CHCl3.Cl2O.H3P/c2-1(3)4;1-3-2;/h1H;;1H3. The molecule has 0 aliphatic heterocycles. The van der Waals surface area contributed by atoms with Crippen molar-refractivity contribution in [2.45, 2.75) is 4.30 Å². The molecule has 0 fully saturated rings. The first-order valence-corrected chi connectivity index (χ1v) is 2.89. The van der Waals surface area contributed by atoms with E-state index < -0.39 is 4.30 Å². The third-order valence-electron chi connectivity index (χ3n) is 0. The minimum Gasteiger partial charge on any atom is -0.166 e. The van der Waals surface area contributed by atoms with Gasteiger partial charge in [-0.3, -0.25) is 0 Å². The van der Waals surface area contributed by atoms with Crippen molar-refractivity contribution in [2.75, 3.05) is 0 Å². The van der Waals surface area contributed by atoms with Crippen molar-refractivity contribution >= 4 is 68.4 Å². The van der Waals surface area contributed by atoms with Gasteiger partial charge in [0.25, 0.3) is 0 Å². The second-order valence-electron chi connectivity index (χ2n) is 0.306. The van der Waals surface area contributed by atoms with Crippen molar-refractivity contribution in [1.29, 1.82) is 0 Å². The fourth-order valence-electron chi connectivity index (χ4n) is 0. The van der Waals surface area contributed by atoms with Gasteiger partial charge in [-0.15, -0.1) is 0 Å². The Balaban J connectivity index is -0.0000000575. The summed E-state index contributed by atoms with van der Waals surface area (Å²) in [5.41, 5.74) is 0. The molecule has 0 spiro atoms. The smallest absolute Gasteiger partial charge is 0.166 e. The first kappa shape index (κ1) is 16.4. The molecule has 0 aromatic carbocycles. The average molecular weight is 240 g/mol. The predicted molar refractivity (Wildman–Crippen MR) is 45.2 cm³/mol. The van der Waals surface area contributed by atoms with Crippen LogP contribution in [-0.4, -0.2) is 4.30 Å². The maximum atomic E-state index is 4.81.